The Bertz CT molecular complexity index is 503. The minimum atomic E-state index is 0.267. The summed E-state index contributed by atoms with van der Waals surface area (Å²) in [5, 5.41) is 1.33. The van der Waals surface area contributed by atoms with Crippen molar-refractivity contribution in [3.63, 3.8) is 0 Å². The number of rotatable bonds is 3. The van der Waals surface area contributed by atoms with Gasteiger partial charge in [0.05, 0.1) is 12.8 Å². The average molecular weight is 258 g/mol. The van der Waals surface area contributed by atoms with Gasteiger partial charge in [-0.25, -0.2) is 15.0 Å². The van der Waals surface area contributed by atoms with Gasteiger partial charge in [-0.2, -0.15) is 0 Å². The molecule has 0 aromatic carbocycles. The van der Waals surface area contributed by atoms with Crippen LogP contribution >= 0.6 is 23.4 Å². The smallest absolute Gasteiger partial charge is 0.262 e. The molecule has 0 aliphatic carbocycles. The van der Waals surface area contributed by atoms with E-state index in [0.29, 0.717) is 16.0 Å². The first-order chi connectivity index (χ1) is 7.70. The highest BCUT2D eigenvalue weighted by Gasteiger charge is 2.14. The minimum Gasteiger partial charge on any atom is -0.491 e. The van der Waals surface area contributed by atoms with Gasteiger partial charge in [-0.3, -0.25) is 0 Å². The van der Waals surface area contributed by atoms with Gasteiger partial charge in [-0.05, 0) is 18.7 Å². The van der Waals surface area contributed by atoms with E-state index in [1.165, 1.54) is 25.2 Å². The van der Waals surface area contributed by atoms with E-state index >= 15 is 0 Å². The Morgan fingerprint density at radius 3 is 2.88 bits per heavy atom. The molecule has 0 bridgehead atoms. The van der Waals surface area contributed by atoms with E-state index in [9.17, 15) is 0 Å². The van der Waals surface area contributed by atoms with E-state index in [0.717, 1.165) is 5.69 Å². The number of halogens is 1. The lowest BCUT2D eigenvalue weighted by atomic mass is 10.6. The Morgan fingerprint density at radius 2 is 2.25 bits per heavy atom. The maximum atomic E-state index is 5.86. The Morgan fingerprint density at radius 1 is 1.44 bits per heavy atom. The molecule has 0 saturated carbocycles. The molecule has 0 aliphatic heterocycles. The zero-order valence-corrected chi connectivity index (χ0v) is 10.2. The predicted molar refractivity (Wildman–Crippen MR) is 59.0 cm³/mol. The van der Waals surface area contributed by atoms with E-state index in [1.54, 1.807) is 6.26 Å². The minimum absolute atomic E-state index is 0.267. The lowest BCUT2D eigenvalue weighted by Gasteiger charge is -2.05. The Balaban J connectivity index is 2.30. The molecule has 7 heteroatoms. The van der Waals surface area contributed by atoms with Gasteiger partial charge in [0, 0.05) is 0 Å². The third-order valence-electron chi connectivity index (χ3n) is 1.71. The molecule has 0 radical (unpaired) electrons. The van der Waals surface area contributed by atoms with Crippen LogP contribution in [-0.4, -0.2) is 22.1 Å². The van der Waals surface area contributed by atoms with Crippen LogP contribution in [-0.2, 0) is 0 Å². The first kappa shape index (κ1) is 11.2. The number of aryl methyl sites for hydroxylation is 1. The lowest BCUT2D eigenvalue weighted by molar-refractivity contribution is 0.397. The molecular weight excluding hydrogens is 250 g/mol. The molecule has 16 heavy (non-hydrogen) atoms. The SMILES string of the molecule is COc1c(Cl)ncnc1Sc1nc(C)co1. The first-order valence-corrected chi connectivity index (χ1v) is 5.54. The number of methoxy groups -OCH3 is 1. The summed E-state index contributed by atoms with van der Waals surface area (Å²) in [7, 11) is 1.51. The molecule has 0 aliphatic rings. The van der Waals surface area contributed by atoms with E-state index in [4.69, 9.17) is 20.8 Å². The molecule has 0 atom stereocenters. The van der Waals surface area contributed by atoms with Crippen LogP contribution < -0.4 is 4.74 Å². The second-order valence-corrected chi connectivity index (χ2v) is 4.16. The van der Waals surface area contributed by atoms with Crippen molar-refractivity contribution in [2.45, 2.75) is 17.2 Å². The van der Waals surface area contributed by atoms with E-state index < -0.39 is 0 Å². The van der Waals surface area contributed by atoms with Crippen molar-refractivity contribution in [1.29, 1.82) is 0 Å². The first-order valence-electron chi connectivity index (χ1n) is 4.35. The van der Waals surface area contributed by atoms with Crippen LogP contribution in [0.1, 0.15) is 5.69 Å². The Hall–Kier alpha value is -1.27. The average Bonchev–Trinajstić information content (AvgIpc) is 2.64. The number of aromatic nitrogens is 3. The van der Waals surface area contributed by atoms with Gasteiger partial charge in [0.25, 0.3) is 5.22 Å². The molecule has 2 aromatic rings. The van der Waals surface area contributed by atoms with Crippen LogP contribution in [0.2, 0.25) is 5.15 Å². The summed E-state index contributed by atoms with van der Waals surface area (Å²) >= 11 is 7.10. The summed E-state index contributed by atoms with van der Waals surface area (Å²) in [5.74, 6) is 0.421. The van der Waals surface area contributed by atoms with Crippen molar-refractivity contribution in [3.8, 4) is 5.75 Å². The van der Waals surface area contributed by atoms with Gasteiger partial charge in [-0.15, -0.1) is 0 Å². The van der Waals surface area contributed by atoms with Crippen LogP contribution in [0.5, 0.6) is 5.75 Å². The van der Waals surface area contributed by atoms with Gasteiger partial charge in [0.1, 0.15) is 12.6 Å². The quantitative estimate of drug-likeness (QED) is 0.788. The fraction of sp³-hybridized carbons (Fsp3) is 0.222. The summed E-state index contributed by atoms with van der Waals surface area (Å²) in [6.45, 7) is 1.84. The fourth-order valence-electron chi connectivity index (χ4n) is 1.04. The molecule has 84 valence electrons. The second-order valence-electron chi connectivity index (χ2n) is 2.86. The third-order valence-corrected chi connectivity index (χ3v) is 2.83. The molecule has 2 aromatic heterocycles. The van der Waals surface area contributed by atoms with E-state index in [2.05, 4.69) is 15.0 Å². The van der Waals surface area contributed by atoms with Crippen LogP contribution in [0.25, 0.3) is 0 Å². The highest BCUT2D eigenvalue weighted by atomic mass is 35.5. The highest BCUT2D eigenvalue weighted by molar-refractivity contribution is 7.99. The second kappa shape index (κ2) is 4.71. The lowest BCUT2D eigenvalue weighted by Crippen LogP contribution is -1.92. The molecular formula is C9H8ClN3O2S. The van der Waals surface area contributed by atoms with Crippen LogP contribution in [0.3, 0.4) is 0 Å². The van der Waals surface area contributed by atoms with E-state index in [1.807, 2.05) is 6.92 Å². The summed E-state index contributed by atoms with van der Waals surface area (Å²) in [5.41, 5.74) is 0.807. The molecule has 0 unspecified atom stereocenters. The van der Waals surface area contributed by atoms with Gasteiger partial charge >= 0.3 is 0 Å². The number of hydrogen-bond donors (Lipinski definition) is 0. The molecule has 0 N–H and O–H groups in total. The summed E-state index contributed by atoms with van der Waals surface area (Å²) in [6, 6.07) is 0. The topological polar surface area (TPSA) is 61.0 Å². The zero-order valence-electron chi connectivity index (χ0n) is 8.60. The number of nitrogens with zero attached hydrogens (tertiary/aromatic N) is 3. The van der Waals surface area contributed by atoms with Crippen molar-refractivity contribution in [2.24, 2.45) is 0 Å². The number of hydrogen-bond acceptors (Lipinski definition) is 6. The number of oxazole rings is 1. The van der Waals surface area contributed by atoms with Gasteiger partial charge in [0.15, 0.2) is 15.9 Å². The van der Waals surface area contributed by atoms with Crippen molar-refractivity contribution >= 4 is 23.4 Å². The van der Waals surface area contributed by atoms with Crippen molar-refractivity contribution in [2.75, 3.05) is 7.11 Å². The largest absolute Gasteiger partial charge is 0.491 e. The molecule has 0 spiro atoms. The maximum Gasteiger partial charge on any atom is 0.262 e. The monoisotopic (exact) mass is 257 g/mol. The normalized spacial score (nSPS) is 10.4. The molecule has 2 rings (SSSR count). The molecule has 0 fully saturated rings. The van der Waals surface area contributed by atoms with Gasteiger partial charge < -0.3 is 9.15 Å². The van der Waals surface area contributed by atoms with Gasteiger partial charge in [-0.1, -0.05) is 11.6 Å². The van der Waals surface area contributed by atoms with Crippen molar-refractivity contribution < 1.29 is 9.15 Å². The summed E-state index contributed by atoms with van der Waals surface area (Å²) < 4.78 is 10.3. The van der Waals surface area contributed by atoms with Crippen LogP contribution in [0.4, 0.5) is 0 Å². The van der Waals surface area contributed by atoms with Crippen LogP contribution in [0, 0.1) is 6.92 Å². The summed E-state index contributed by atoms with van der Waals surface area (Å²) in [6.07, 6.45) is 2.93. The Labute approximate surface area is 101 Å². The standard InChI is InChI=1S/C9H8ClN3O2S/c1-5-3-15-9(13-5)16-8-6(14-2)7(10)11-4-12-8/h3-4H,1-2H3. The Kier molecular flexibility index (Phi) is 3.31. The number of ether oxygens (including phenoxy) is 1. The third kappa shape index (κ3) is 2.28. The van der Waals surface area contributed by atoms with Crippen molar-refractivity contribution in [1.82, 2.24) is 15.0 Å². The van der Waals surface area contributed by atoms with E-state index in [-0.39, 0.29) is 5.15 Å². The molecule has 2 heterocycles. The van der Waals surface area contributed by atoms with Gasteiger partial charge in [0.2, 0.25) is 0 Å². The molecule has 0 amide bonds. The highest BCUT2D eigenvalue weighted by Crippen LogP contribution is 2.35. The summed E-state index contributed by atoms with van der Waals surface area (Å²) in [4.78, 5) is 12.0. The predicted octanol–water partition coefficient (Wildman–Crippen LogP) is 2.59. The maximum absolute atomic E-state index is 5.86. The fourth-order valence-corrected chi connectivity index (χ4v) is 2.13. The van der Waals surface area contributed by atoms with Crippen molar-refractivity contribution in [3.05, 3.63) is 23.4 Å². The molecule has 5 nitrogen and oxygen atoms in total. The zero-order chi connectivity index (χ0) is 11.5. The molecule has 0 saturated heterocycles. The van der Waals surface area contributed by atoms with Crippen LogP contribution in [0.15, 0.2) is 27.3 Å².